The van der Waals surface area contributed by atoms with Crippen LogP contribution in [0.5, 0.6) is 0 Å². The highest BCUT2D eigenvalue weighted by atomic mass is 32.2. The molecule has 0 unspecified atom stereocenters. The van der Waals surface area contributed by atoms with Crippen LogP contribution in [0.25, 0.3) is 5.57 Å². The van der Waals surface area contributed by atoms with Gasteiger partial charge in [-0.15, -0.1) is 0 Å². The number of hydrogen-bond acceptors (Lipinski definition) is 9. The fraction of sp³-hybridized carbons (Fsp3) is 0.205. The first-order valence-corrected chi connectivity index (χ1v) is 20.7. The van der Waals surface area contributed by atoms with Crippen molar-refractivity contribution in [1.82, 2.24) is 4.31 Å². The van der Waals surface area contributed by atoms with Crippen LogP contribution in [0.2, 0.25) is 0 Å². The third-order valence-corrected chi connectivity index (χ3v) is 12.6. The van der Waals surface area contributed by atoms with Crippen LogP contribution < -0.4 is 5.32 Å². The zero-order valence-electron chi connectivity index (χ0n) is 28.2. The number of hydrogen-bond donors (Lipinski definition) is 4. The van der Waals surface area contributed by atoms with E-state index in [0.717, 1.165) is 17.1 Å². The summed E-state index contributed by atoms with van der Waals surface area (Å²) < 4.78 is 63.4. The van der Waals surface area contributed by atoms with Crippen LogP contribution in [0.4, 0.5) is 5.69 Å². The van der Waals surface area contributed by atoms with Gasteiger partial charge in [0.15, 0.2) is 0 Å². The lowest BCUT2D eigenvalue weighted by atomic mass is 9.88. The maximum absolute atomic E-state index is 13.3. The molecule has 270 valence electrons. The van der Waals surface area contributed by atoms with Crippen molar-refractivity contribution in [3.8, 4) is 0 Å². The van der Waals surface area contributed by atoms with Gasteiger partial charge in [0.25, 0.3) is 10.1 Å². The standard InChI is InChI=1S/C39H39N3O7S3/c43-26-32-22-30(13-15-36(32)40-24-28-7-2-1-3-8-28)39(35-11-4-5-12-38(35)52(47,48)49)31-14-16-37(33(23-31)27-44)41-25-29-9-6-10-34(21-29)51(45,46)42-17-19-50-20-18-42/h1-16,21-23,40,43-44H,17-20,24-27H2,(H,47,48,49). The molecule has 0 saturated carbocycles. The molecule has 0 bridgehead atoms. The van der Waals surface area contributed by atoms with E-state index < -0.39 is 20.1 Å². The predicted octanol–water partition coefficient (Wildman–Crippen LogP) is 5.71. The van der Waals surface area contributed by atoms with Gasteiger partial charge in [-0.2, -0.15) is 24.5 Å². The summed E-state index contributed by atoms with van der Waals surface area (Å²) in [5.41, 5.74) is 5.76. The number of aliphatic hydroxyl groups is 2. The lowest BCUT2D eigenvalue weighted by Crippen LogP contribution is -2.37. The predicted molar refractivity (Wildman–Crippen MR) is 206 cm³/mol. The minimum atomic E-state index is -4.64. The second kappa shape index (κ2) is 16.6. The highest BCUT2D eigenvalue weighted by Gasteiger charge is 2.26. The molecule has 0 atom stereocenters. The van der Waals surface area contributed by atoms with Crippen molar-refractivity contribution in [2.45, 2.75) is 29.5 Å². The Hall–Kier alpha value is -4.34. The van der Waals surface area contributed by atoms with Crippen molar-refractivity contribution in [2.75, 3.05) is 36.5 Å². The van der Waals surface area contributed by atoms with Gasteiger partial charge in [-0.25, -0.2) is 8.42 Å². The summed E-state index contributed by atoms with van der Waals surface area (Å²) in [7, 11) is -8.27. The molecule has 0 amide bonds. The number of nitrogens with one attached hydrogen (secondary N) is 1. The Balaban J connectivity index is 1.36. The van der Waals surface area contributed by atoms with E-state index in [0.29, 0.717) is 64.4 Å². The molecule has 4 N–H and O–H groups in total. The fourth-order valence-corrected chi connectivity index (χ4v) is 9.51. The van der Waals surface area contributed by atoms with Crippen molar-refractivity contribution in [3.05, 3.63) is 154 Å². The van der Waals surface area contributed by atoms with Crippen LogP contribution in [0.15, 0.2) is 141 Å². The molecule has 1 fully saturated rings. The first-order valence-electron chi connectivity index (χ1n) is 16.6. The number of rotatable bonds is 12. The van der Waals surface area contributed by atoms with E-state index in [2.05, 4.69) is 5.32 Å². The molecule has 13 heteroatoms. The van der Waals surface area contributed by atoms with E-state index in [1.807, 2.05) is 42.5 Å². The molecule has 1 saturated heterocycles. The molecular weight excluding hydrogens is 719 g/mol. The van der Waals surface area contributed by atoms with Crippen molar-refractivity contribution in [3.63, 3.8) is 0 Å². The van der Waals surface area contributed by atoms with Gasteiger partial charge in [0, 0.05) is 53.5 Å². The molecular formula is C39H39N3O7S3. The molecule has 4 aromatic rings. The number of thioether (sulfide) groups is 1. The monoisotopic (exact) mass is 757 g/mol. The van der Waals surface area contributed by atoms with E-state index in [-0.39, 0.29) is 35.1 Å². The molecule has 6 rings (SSSR count). The van der Waals surface area contributed by atoms with E-state index in [9.17, 15) is 31.6 Å². The van der Waals surface area contributed by atoms with Gasteiger partial charge in [0.1, 0.15) is 4.90 Å². The summed E-state index contributed by atoms with van der Waals surface area (Å²) in [6.45, 7) is 0.947. The van der Waals surface area contributed by atoms with Crippen LogP contribution in [0, 0.1) is 0 Å². The van der Waals surface area contributed by atoms with Crippen molar-refractivity contribution in [2.24, 2.45) is 4.99 Å². The summed E-state index contributed by atoms with van der Waals surface area (Å²) in [5.74, 6) is 1.52. The smallest absolute Gasteiger partial charge is 0.295 e. The lowest BCUT2D eigenvalue weighted by molar-refractivity contribution is 0.282. The van der Waals surface area contributed by atoms with Crippen LogP contribution in [0.3, 0.4) is 0 Å². The zero-order chi connectivity index (χ0) is 36.7. The van der Waals surface area contributed by atoms with Crippen LogP contribution >= 0.6 is 11.8 Å². The minimum Gasteiger partial charge on any atom is -0.392 e. The number of nitrogens with zero attached hydrogens (tertiary/aromatic N) is 2. The average molecular weight is 758 g/mol. The Bertz CT molecular complexity index is 2280. The summed E-state index contributed by atoms with van der Waals surface area (Å²) in [5, 5.41) is 24.2. The van der Waals surface area contributed by atoms with E-state index in [4.69, 9.17) is 4.99 Å². The Morgan fingerprint density at radius 3 is 2.27 bits per heavy atom. The van der Waals surface area contributed by atoms with Gasteiger partial charge in [0.05, 0.1) is 30.4 Å². The molecule has 1 heterocycles. The number of benzene rings is 4. The molecule has 4 aromatic carbocycles. The Morgan fingerprint density at radius 1 is 0.808 bits per heavy atom. The van der Waals surface area contributed by atoms with E-state index in [1.165, 1.54) is 16.4 Å². The quantitative estimate of drug-likeness (QED) is 0.133. The first-order chi connectivity index (χ1) is 25.1. The number of aliphatic imine (C=N–C) groups is 1. The van der Waals surface area contributed by atoms with Gasteiger partial charge in [-0.1, -0.05) is 72.8 Å². The molecule has 2 aliphatic rings. The maximum atomic E-state index is 13.3. The SMILES string of the molecule is O=S(=O)(O)c1ccccc1C(=C1C=CC(=NCc2cccc(S(=O)(=O)N3CCSCC3)c2)C(CO)=C1)c1ccc(NCc2ccccc2)c(CO)c1. The molecule has 0 aromatic heterocycles. The molecule has 10 nitrogen and oxygen atoms in total. The van der Waals surface area contributed by atoms with Crippen molar-refractivity contribution < 1.29 is 31.6 Å². The summed E-state index contributed by atoms with van der Waals surface area (Å²) in [6, 6.07) is 28.0. The molecule has 0 radical (unpaired) electrons. The van der Waals surface area contributed by atoms with Crippen molar-refractivity contribution >= 4 is 48.9 Å². The molecule has 52 heavy (non-hydrogen) atoms. The summed E-state index contributed by atoms with van der Waals surface area (Å²) in [4.78, 5) is 4.63. The summed E-state index contributed by atoms with van der Waals surface area (Å²) in [6.07, 6.45) is 5.18. The normalized spacial score (nSPS) is 17.2. The van der Waals surface area contributed by atoms with Gasteiger partial charge < -0.3 is 15.5 Å². The summed E-state index contributed by atoms with van der Waals surface area (Å²) >= 11 is 1.73. The minimum absolute atomic E-state index is 0.158. The third kappa shape index (κ3) is 8.64. The molecule has 0 spiro atoms. The van der Waals surface area contributed by atoms with E-state index in [1.54, 1.807) is 72.5 Å². The first kappa shape index (κ1) is 37.4. The Morgan fingerprint density at radius 2 is 1.54 bits per heavy atom. The van der Waals surface area contributed by atoms with Gasteiger partial charge in [-0.05, 0) is 70.3 Å². The van der Waals surface area contributed by atoms with Crippen LogP contribution in [-0.4, -0.2) is 72.8 Å². The van der Waals surface area contributed by atoms with Gasteiger partial charge in [0.2, 0.25) is 10.0 Å². The number of allylic oxidation sites excluding steroid dienone is 4. The average Bonchev–Trinajstić information content (AvgIpc) is 3.17. The lowest BCUT2D eigenvalue weighted by Gasteiger charge is -2.25. The molecule has 1 aliphatic carbocycles. The number of aliphatic hydroxyl groups excluding tert-OH is 2. The zero-order valence-corrected chi connectivity index (χ0v) is 30.7. The van der Waals surface area contributed by atoms with Crippen LogP contribution in [0.1, 0.15) is 27.8 Å². The van der Waals surface area contributed by atoms with Gasteiger partial charge in [-0.3, -0.25) is 9.55 Å². The highest BCUT2D eigenvalue weighted by Crippen LogP contribution is 2.36. The second-order valence-corrected chi connectivity index (χ2v) is 16.7. The fourth-order valence-electron chi connectivity index (χ4n) is 6.16. The molecule has 1 aliphatic heterocycles. The Kier molecular flexibility index (Phi) is 11.9. The highest BCUT2D eigenvalue weighted by molar-refractivity contribution is 7.99. The number of anilines is 1. The maximum Gasteiger partial charge on any atom is 0.295 e. The second-order valence-electron chi connectivity index (χ2n) is 12.2. The number of sulfonamides is 1. The Labute approximate surface area is 308 Å². The van der Waals surface area contributed by atoms with Gasteiger partial charge >= 0.3 is 0 Å². The van der Waals surface area contributed by atoms with Crippen LogP contribution in [-0.2, 0) is 39.8 Å². The largest absolute Gasteiger partial charge is 0.392 e. The van der Waals surface area contributed by atoms with Crippen molar-refractivity contribution in [1.29, 1.82) is 0 Å². The van der Waals surface area contributed by atoms with E-state index >= 15 is 0 Å². The third-order valence-electron chi connectivity index (χ3n) is 8.80. The topological polar surface area (TPSA) is 157 Å².